The second-order valence-electron chi connectivity index (χ2n) is 5.07. The molecule has 1 amide bonds. The Morgan fingerprint density at radius 1 is 1.17 bits per heavy atom. The summed E-state index contributed by atoms with van der Waals surface area (Å²) in [6, 6.07) is 9.61. The first-order valence-electron chi connectivity index (χ1n) is 7.04. The number of pyridine rings is 1. The Kier molecular flexibility index (Phi) is 5.40. The summed E-state index contributed by atoms with van der Waals surface area (Å²) >= 11 is 0. The number of nitrogens with one attached hydrogen (secondary N) is 1. The van der Waals surface area contributed by atoms with Crippen LogP contribution in [-0.4, -0.2) is 22.2 Å². The van der Waals surface area contributed by atoms with E-state index in [-0.39, 0.29) is 6.61 Å². The third-order valence-corrected chi connectivity index (χ3v) is 3.36. The zero-order chi connectivity index (χ0) is 17.7. The number of aromatic nitrogens is 1. The third kappa shape index (κ3) is 4.23. The number of amides is 1. The van der Waals surface area contributed by atoms with Crippen LogP contribution < -0.4 is 10.9 Å². The third-order valence-electron chi connectivity index (χ3n) is 3.36. The number of carbonyl (C=O) groups is 1. The Morgan fingerprint density at radius 2 is 1.83 bits per heavy atom. The minimum atomic E-state index is -4.78. The molecular formula is C16H15F3N2O3. The molecule has 128 valence electrons. The lowest BCUT2D eigenvalue weighted by molar-refractivity contribution is -0.139. The molecule has 0 aliphatic rings. The molecule has 8 heteroatoms. The molecule has 0 saturated heterocycles. The van der Waals surface area contributed by atoms with Crippen LogP contribution in [-0.2, 0) is 17.5 Å². The van der Waals surface area contributed by atoms with E-state index in [9.17, 15) is 27.9 Å². The van der Waals surface area contributed by atoms with E-state index in [1.54, 1.807) is 30.3 Å². The number of carbonyl (C=O) groups excluding carboxylic acids is 1. The molecule has 1 aromatic carbocycles. The summed E-state index contributed by atoms with van der Waals surface area (Å²) in [5, 5.41) is 11.9. The van der Waals surface area contributed by atoms with Crippen LogP contribution in [0.2, 0.25) is 0 Å². The molecule has 0 aliphatic carbocycles. The molecule has 0 spiro atoms. The SMILES string of the molecule is O=C(Cn1cccc(C(F)(F)F)c1=O)N[C@H](CO)c1ccccc1. The largest absolute Gasteiger partial charge is 0.421 e. The fraction of sp³-hybridized carbons (Fsp3) is 0.250. The van der Waals surface area contributed by atoms with E-state index < -0.39 is 35.8 Å². The van der Waals surface area contributed by atoms with Gasteiger partial charge < -0.3 is 15.0 Å². The Bertz CT molecular complexity index is 757. The summed E-state index contributed by atoms with van der Waals surface area (Å²) in [6.07, 6.45) is -3.68. The summed E-state index contributed by atoms with van der Waals surface area (Å²) in [6.45, 7) is -0.959. The number of alkyl halides is 3. The second kappa shape index (κ2) is 7.31. The number of hydrogen-bond donors (Lipinski definition) is 2. The first-order chi connectivity index (χ1) is 11.3. The number of benzene rings is 1. The maximum Gasteiger partial charge on any atom is 0.421 e. The molecule has 0 fully saturated rings. The topological polar surface area (TPSA) is 71.3 Å². The highest BCUT2D eigenvalue weighted by molar-refractivity contribution is 5.76. The average Bonchev–Trinajstić information content (AvgIpc) is 2.54. The number of nitrogens with zero attached hydrogens (tertiary/aromatic N) is 1. The van der Waals surface area contributed by atoms with Crippen molar-refractivity contribution in [1.82, 2.24) is 9.88 Å². The lowest BCUT2D eigenvalue weighted by Gasteiger charge is -2.17. The summed E-state index contributed by atoms with van der Waals surface area (Å²) in [7, 11) is 0. The van der Waals surface area contributed by atoms with E-state index in [0.717, 1.165) is 12.3 Å². The van der Waals surface area contributed by atoms with Crippen LogP contribution in [0, 0.1) is 0 Å². The molecule has 2 aromatic rings. The van der Waals surface area contributed by atoms with Crippen LogP contribution in [0.5, 0.6) is 0 Å². The van der Waals surface area contributed by atoms with E-state index in [1.807, 2.05) is 0 Å². The molecule has 0 saturated carbocycles. The quantitative estimate of drug-likeness (QED) is 0.871. The molecule has 2 rings (SSSR count). The van der Waals surface area contributed by atoms with E-state index >= 15 is 0 Å². The van der Waals surface area contributed by atoms with E-state index in [1.165, 1.54) is 0 Å². The molecule has 0 radical (unpaired) electrons. The van der Waals surface area contributed by atoms with Crippen molar-refractivity contribution in [1.29, 1.82) is 0 Å². The lowest BCUT2D eigenvalue weighted by Crippen LogP contribution is -2.37. The van der Waals surface area contributed by atoms with Crippen molar-refractivity contribution in [2.24, 2.45) is 0 Å². The molecule has 1 aromatic heterocycles. The first kappa shape index (κ1) is 17.7. The highest BCUT2D eigenvalue weighted by atomic mass is 19.4. The van der Waals surface area contributed by atoms with Crippen LogP contribution in [0.3, 0.4) is 0 Å². The molecule has 1 atom stereocenters. The second-order valence-corrected chi connectivity index (χ2v) is 5.07. The molecule has 0 aliphatic heterocycles. The van der Waals surface area contributed by atoms with Crippen LogP contribution >= 0.6 is 0 Å². The smallest absolute Gasteiger partial charge is 0.394 e. The molecule has 0 unspecified atom stereocenters. The molecular weight excluding hydrogens is 325 g/mol. The molecule has 1 heterocycles. The van der Waals surface area contributed by atoms with Crippen molar-refractivity contribution in [2.75, 3.05) is 6.61 Å². The van der Waals surface area contributed by atoms with Crippen molar-refractivity contribution in [2.45, 2.75) is 18.8 Å². The van der Waals surface area contributed by atoms with Crippen molar-refractivity contribution in [3.05, 3.63) is 70.1 Å². The Morgan fingerprint density at radius 3 is 2.42 bits per heavy atom. The van der Waals surface area contributed by atoms with Crippen molar-refractivity contribution >= 4 is 5.91 Å². The molecule has 2 N–H and O–H groups in total. The zero-order valence-electron chi connectivity index (χ0n) is 12.5. The normalized spacial score (nSPS) is 12.7. The van der Waals surface area contributed by atoms with Gasteiger partial charge in [0.1, 0.15) is 12.1 Å². The summed E-state index contributed by atoms with van der Waals surface area (Å²) in [5.74, 6) is -0.681. The Hall–Kier alpha value is -2.61. The number of aliphatic hydroxyl groups excluding tert-OH is 1. The summed E-state index contributed by atoms with van der Waals surface area (Å²) in [5.41, 5.74) is -1.98. The monoisotopic (exact) mass is 340 g/mol. The predicted molar refractivity (Wildman–Crippen MR) is 80.1 cm³/mol. The van der Waals surface area contributed by atoms with Crippen molar-refractivity contribution in [3.8, 4) is 0 Å². The van der Waals surface area contributed by atoms with Crippen LogP contribution in [0.1, 0.15) is 17.2 Å². The first-order valence-corrected chi connectivity index (χ1v) is 7.04. The Labute approximate surface area is 135 Å². The number of rotatable bonds is 5. The van der Waals surface area contributed by atoms with Gasteiger partial charge in [0.2, 0.25) is 5.91 Å². The van der Waals surface area contributed by atoms with Gasteiger partial charge in [0.25, 0.3) is 5.56 Å². The maximum absolute atomic E-state index is 12.7. The van der Waals surface area contributed by atoms with Gasteiger partial charge in [-0.15, -0.1) is 0 Å². The maximum atomic E-state index is 12.7. The zero-order valence-corrected chi connectivity index (χ0v) is 12.5. The number of hydrogen-bond acceptors (Lipinski definition) is 3. The molecule has 0 bridgehead atoms. The Balaban J connectivity index is 2.14. The number of aliphatic hydroxyl groups is 1. The highest BCUT2D eigenvalue weighted by Crippen LogP contribution is 2.25. The van der Waals surface area contributed by atoms with Crippen LogP contribution in [0.4, 0.5) is 13.2 Å². The predicted octanol–water partition coefficient (Wildman–Crippen LogP) is 1.72. The van der Waals surface area contributed by atoms with Crippen molar-refractivity contribution < 1.29 is 23.1 Å². The van der Waals surface area contributed by atoms with E-state index in [0.29, 0.717) is 16.2 Å². The van der Waals surface area contributed by atoms with Gasteiger partial charge >= 0.3 is 6.18 Å². The van der Waals surface area contributed by atoms with Gasteiger partial charge in [-0.05, 0) is 17.7 Å². The summed E-state index contributed by atoms with van der Waals surface area (Å²) < 4.78 is 38.8. The van der Waals surface area contributed by atoms with E-state index in [4.69, 9.17) is 0 Å². The van der Waals surface area contributed by atoms with Crippen molar-refractivity contribution in [3.63, 3.8) is 0 Å². The minimum absolute atomic E-state index is 0.382. The van der Waals surface area contributed by atoms with Gasteiger partial charge in [-0.1, -0.05) is 30.3 Å². The van der Waals surface area contributed by atoms with Gasteiger partial charge in [0, 0.05) is 6.20 Å². The van der Waals surface area contributed by atoms with Gasteiger partial charge in [0.05, 0.1) is 12.6 Å². The van der Waals surface area contributed by atoms with E-state index in [2.05, 4.69) is 5.32 Å². The van der Waals surface area contributed by atoms with Gasteiger partial charge in [-0.2, -0.15) is 13.2 Å². The fourth-order valence-corrected chi connectivity index (χ4v) is 2.19. The van der Waals surface area contributed by atoms with Crippen LogP contribution in [0.15, 0.2) is 53.5 Å². The fourth-order valence-electron chi connectivity index (χ4n) is 2.19. The van der Waals surface area contributed by atoms with Gasteiger partial charge in [-0.3, -0.25) is 9.59 Å². The minimum Gasteiger partial charge on any atom is -0.394 e. The number of halogens is 3. The van der Waals surface area contributed by atoms with Gasteiger partial charge in [-0.25, -0.2) is 0 Å². The lowest BCUT2D eigenvalue weighted by atomic mass is 10.1. The highest BCUT2D eigenvalue weighted by Gasteiger charge is 2.34. The molecule has 5 nitrogen and oxygen atoms in total. The van der Waals surface area contributed by atoms with Crippen LogP contribution in [0.25, 0.3) is 0 Å². The standard InChI is InChI=1S/C16H15F3N2O3/c17-16(18,19)12-7-4-8-21(15(12)24)9-14(23)20-13(10-22)11-5-2-1-3-6-11/h1-8,13,22H,9-10H2,(H,20,23)/t13-/m1/s1. The molecule has 24 heavy (non-hydrogen) atoms. The summed E-state index contributed by atoms with van der Waals surface area (Å²) in [4.78, 5) is 23.8. The van der Waals surface area contributed by atoms with Gasteiger partial charge in [0.15, 0.2) is 0 Å². The average molecular weight is 340 g/mol.